The van der Waals surface area contributed by atoms with Crippen molar-refractivity contribution in [1.82, 2.24) is 0 Å². The van der Waals surface area contributed by atoms with Crippen LogP contribution in [0.2, 0.25) is 5.02 Å². The van der Waals surface area contributed by atoms with Crippen LogP contribution in [0.3, 0.4) is 0 Å². The minimum atomic E-state index is -0.917. The summed E-state index contributed by atoms with van der Waals surface area (Å²) in [5.74, 6) is -0.559. The number of aryl methyl sites for hydroxylation is 1. The van der Waals surface area contributed by atoms with Crippen LogP contribution in [0, 0.1) is 41.4 Å². The zero-order valence-corrected chi connectivity index (χ0v) is 22.5. The van der Waals surface area contributed by atoms with E-state index in [2.05, 4.69) is 31.2 Å². The van der Waals surface area contributed by atoms with E-state index in [1.54, 1.807) is 12.1 Å². The highest BCUT2D eigenvalue weighted by molar-refractivity contribution is 6.33. The first kappa shape index (κ1) is 26.9. The number of nitrogens with zero attached hydrogens (tertiary/aromatic N) is 1. The third kappa shape index (κ3) is 5.72. The average Bonchev–Trinajstić information content (AvgIpc) is 3.41. The number of nitrogens with one attached hydrogen (secondary N) is 1. The summed E-state index contributed by atoms with van der Waals surface area (Å²) in [6.07, 6.45) is 4.13. The molecule has 2 fully saturated rings. The number of benzene rings is 1. The molecule has 0 saturated heterocycles. The summed E-state index contributed by atoms with van der Waals surface area (Å²) < 4.78 is 0. The minimum Gasteiger partial charge on any atom is -0.481 e. The normalized spacial score (nSPS) is 29.8. The van der Waals surface area contributed by atoms with E-state index < -0.39 is 5.97 Å². The number of rotatable bonds is 10. The van der Waals surface area contributed by atoms with Gasteiger partial charge in [-0.1, -0.05) is 43.6 Å². The molecule has 4 atom stereocenters. The van der Waals surface area contributed by atoms with Gasteiger partial charge in [-0.2, -0.15) is 0 Å². The fraction of sp³-hybridized carbons (Fsp3) is 0.679. The number of carbonyl (C=O) groups is 2. The van der Waals surface area contributed by atoms with Crippen LogP contribution >= 0.6 is 11.6 Å². The van der Waals surface area contributed by atoms with Crippen LogP contribution in [0.1, 0.15) is 71.3 Å². The molecule has 36 heavy (non-hydrogen) atoms. The Morgan fingerprint density at radius 1 is 1.28 bits per heavy atom. The van der Waals surface area contributed by atoms with E-state index in [0.29, 0.717) is 39.6 Å². The largest absolute Gasteiger partial charge is 0.481 e. The number of hydrogen-bond acceptors (Lipinski definition) is 5. The number of carboxylic acid groups (broad SMARTS) is 1. The van der Waals surface area contributed by atoms with E-state index in [-0.39, 0.29) is 49.7 Å². The molecule has 1 spiro atoms. The molecule has 0 radical (unpaired) electrons. The summed E-state index contributed by atoms with van der Waals surface area (Å²) in [6, 6.07) is 5.42. The first-order valence-corrected chi connectivity index (χ1v) is 13.4. The van der Waals surface area contributed by atoms with Gasteiger partial charge in [-0.05, 0) is 73.5 Å². The number of oxime groups is 1. The highest BCUT2D eigenvalue weighted by Gasteiger charge is 2.66. The summed E-state index contributed by atoms with van der Waals surface area (Å²) in [5, 5.41) is 26.9. The molecule has 3 N–H and O–H groups in total. The molecule has 8 heteroatoms. The van der Waals surface area contributed by atoms with Gasteiger partial charge in [0.1, 0.15) is 6.10 Å². The van der Waals surface area contributed by atoms with E-state index in [9.17, 15) is 19.8 Å². The molecule has 1 heterocycles. The lowest BCUT2D eigenvalue weighted by molar-refractivity contribution is -0.137. The average molecular weight is 519 g/mol. The lowest BCUT2D eigenvalue weighted by Crippen LogP contribution is -2.43. The number of hydrogen-bond donors (Lipinski definition) is 3. The second kappa shape index (κ2) is 10.3. The molecule has 4 rings (SSSR count). The van der Waals surface area contributed by atoms with Crippen LogP contribution in [-0.2, 0) is 14.4 Å². The second-order valence-corrected chi connectivity index (χ2v) is 12.6. The SMILES string of the molecule is Cc1ccc(NC(=O)C[C@H](CCC(=O)O)C2=NOC(C3CC4(C3)CC4C(C)(C)C)C2CCO)c(Cl)c1. The fourth-order valence-electron chi connectivity index (χ4n) is 6.71. The van der Waals surface area contributed by atoms with Crippen molar-refractivity contribution >= 4 is 34.9 Å². The maximum atomic E-state index is 13.0. The smallest absolute Gasteiger partial charge is 0.303 e. The molecule has 1 aromatic rings. The van der Waals surface area contributed by atoms with Gasteiger partial charge in [-0.3, -0.25) is 9.59 Å². The van der Waals surface area contributed by atoms with Crippen molar-refractivity contribution in [1.29, 1.82) is 0 Å². The van der Waals surface area contributed by atoms with E-state index >= 15 is 0 Å². The standard InChI is InChI=1S/C28H39ClN2O5/c1-16-5-7-21(20(29)11-16)30-23(33)12-17(6-8-24(34)35)25-19(9-10-32)26(36-31-25)18-13-28(14-18)15-22(28)27(2,3)4/h5,7,11,17-19,22,26,32H,6,8-10,12-15H2,1-4H3,(H,30,33)(H,34,35)/t17-,18?,19?,22?,26?,28?/m0/s1. The lowest BCUT2D eigenvalue weighted by atomic mass is 9.62. The number of amides is 1. The lowest BCUT2D eigenvalue weighted by Gasteiger charge is -2.43. The summed E-state index contributed by atoms with van der Waals surface area (Å²) in [6.45, 7) is 8.84. The van der Waals surface area contributed by atoms with Crippen LogP contribution < -0.4 is 5.32 Å². The summed E-state index contributed by atoms with van der Waals surface area (Å²) in [5.41, 5.74) is 2.96. The Balaban J connectivity index is 1.44. The van der Waals surface area contributed by atoms with E-state index in [4.69, 9.17) is 16.4 Å². The first-order valence-electron chi connectivity index (χ1n) is 13.1. The zero-order chi connectivity index (χ0) is 26.3. The quantitative estimate of drug-likeness (QED) is 0.369. The van der Waals surface area contributed by atoms with Gasteiger partial charge >= 0.3 is 5.97 Å². The molecule has 1 aromatic carbocycles. The molecule has 2 saturated carbocycles. The Hall–Kier alpha value is -2.12. The van der Waals surface area contributed by atoms with E-state index in [1.807, 2.05) is 13.0 Å². The fourth-order valence-corrected chi connectivity index (χ4v) is 7.00. The molecule has 0 bridgehead atoms. The van der Waals surface area contributed by atoms with Gasteiger partial charge in [-0.15, -0.1) is 0 Å². The highest BCUT2D eigenvalue weighted by atomic mass is 35.5. The molecule has 1 amide bonds. The maximum absolute atomic E-state index is 13.0. The monoisotopic (exact) mass is 518 g/mol. The molecule has 1 aliphatic heterocycles. The van der Waals surface area contributed by atoms with Gasteiger partial charge in [0.2, 0.25) is 5.91 Å². The number of halogens is 1. The van der Waals surface area contributed by atoms with Crippen LogP contribution in [0.5, 0.6) is 0 Å². The van der Waals surface area contributed by atoms with Crippen molar-refractivity contribution in [3.8, 4) is 0 Å². The van der Waals surface area contributed by atoms with Crippen LogP contribution in [-0.4, -0.2) is 40.5 Å². The molecule has 7 nitrogen and oxygen atoms in total. The first-order chi connectivity index (χ1) is 16.9. The summed E-state index contributed by atoms with van der Waals surface area (Å²) in [4.78, 5) is 30.3. The van der Waals surface area contributed by atoms with Crippen molar-refractivity contribution in [2.24, 2.45) is 39.7 Å². The summed E-state index contributed by atoms with van der Waals surface area (Å²) >= 11 is 6.28. The molecule has 2 aliphatic carbocycles. The Morgan fingerprint density at radius 3 is 2.58 bits per heavy atom. The maximum Gasteiger partial charge on any atom is 0.303 e. The Bertz CT molecular complexity index is 1030. The number of aliphatic carboxylic acids is 1. The topological polar surface area (TPSA) is 108 Å². The predicted molar refractivity (Wildman–Crippen MR) is 140 cm³/mol. The Kier molecular flexibility index (Phi) is 7.73. The minimum absolute atomic E-state index is 0.0111. The molecular weight excluding hydrogens is 480 g/mol. The number of anilines is 1. The third-order valence-electron chi connectivity index (χ3n) is 8.49. The highest BCUT2D eigenvalue weighted by Crippen LogP contribution is 2.73. The van der Waals surface area contributed by atoms with Crippen molar-refractivity contribution < 1.29 is 24.6 Å². The van der Waals surface area contributed by atoms with Gasteiger partial charge in [0.15, 0.2) is 0 Å². The zero-order valence-electron chi connectivity index (χ0n) is 21.7. The van der Waals surface area contributed by atoms with Crippen molar-refractivity contribution in [2.75, 3.05) is 11.9 Å². The second-order valence-electron chi connectivity index (χ2n) is 12.2. The Morgan fingerprint density at radius 2 is 2.00 bits per heavy atom. The Labute approximate surface area is 218 Å². The molecule has 3 aliphatic rings. The van der Waals surface area contributed by atoms with Gasteiger partial charge in [0.25, 0.3) is 0 Å². The molecular formula is C28H39ClN2O5. The predicted octanol–water partition coefficient (Wildman–Crippen LogP) is 5.67. The molecule has 198 valence electrons. The number of carbonyl (C=O) groups excluding carboxylic acids is 1. The van der Waals surface area contributed by atoms with Gasteiger partial charge in [0.05, 0.1) is 16.4 Å². The van der Waals surface area contributed by atoms with Crippen molar-refractivity contribution in [2.45, 2.75) is 78.7 Å². The van der Waals surface area contributed by atoms with E-state index in [1.165, 1.54) is 6.42 Å². The van der Waals surface area contributed by atoms with Crippen LogP contribution in [0.15, 0.2) is 23.4 Å². The van der Waals surface area contributed by atoms with Gasteiger partial charge in [-0.25, -0.2) is 0 Å². The number of carboxylic acids is 1. The van der Waals surface area contributed by atoms with E-state index in [0.717, 1.165) is 24.3 Å². The van der Waals surface area contributed by atoms with Gasteiger partial charge in [0, 0.05) is 37.2 Å². The number of aliphatic hydroxyl groups is 1. The molecule has 3 unspecified atom stereocenters. The van der Waals surface area contributed by atoms with Crippen molar-refractivity contribution in [3.05, 3.63) is 28.8 Å². The van der Waals surface area contributed by atoms with Crippen molar-refractivity contribution in [3.63, 3.8) is 0 Å². The van der Waals surface area contributed by atoms with Crippen LogP contribution in [0.25, 0.3) is 0 Å². The summed E-state index contributed by atoms with van der Waals surface area (Å²) in [7, 11) is 0. The van der Waals surface area contributed by atoms with Crippen LogP contribution in [0.4, 0.5) is 5.69 Å². The van der Waals surface area contributed by atoms with Gasteiger partial charge < -0.3 is 20.4 Å². The number of aliphatic hydroxyl groups excluding tert-OH is 1. The third-order valence-corrected chi connectivity index (χ3v) is 8.80. The molecule has 0 aromatic heterocycles.